The first-order chi connectivity index (χ1) is 4.46. The molecule has 54 valence electrons. The summed E-state index contributed by atoms with van der Waals surface area (Å²) in [5.74, 6) is -3.43. The van der Waals surface area contributed by atoms with Crippen molar-refractivity contribution in [3.63, 3.8) is 0 Å². The minimum absolute atomic E-state index is 1.22. The number of nitrogens with one attached hydrogen (secondary N) is 2. The maximum absolute atomic E-state index is 9.82. The molecule has 6 heteroatoms. The second-order valence-electron chi connectivity index (χ2n) is 1.36. The maximum Gasteiger partial charge on any atom is 0.356 e. The molecule has 0 aromatic heterocycles. The number of rotatable bonds is 3. The molecule has 0 spiro atoms. The molecule has 0 aromatic carbocycles. The molecular weight excluding hydrogens is 140 g/mol. The van der Waals surface area contributed by atoms with Crippen molar-refractivity contribution in [3.05, 3.63) is 0 Å². The van der Waals surface area contributed by atoms with Gasteiger partial charge < -0.3 is 10.2 Å². The van der Waals surface area contributed by atoms with Crippen LogP contribution in [-0.2, 0) is 9.59 Å². The van der Waals surface area contributed by atoms with E-state index in [0.29, 0.717) is 0 Å². The standard InChI is InChI=1S/C4H4N2O4/c5-1(3(7)8)2(6)4(9)10/h5-6H,(H,7,8)(H,9,10). The first-order valence-electron chi connectivity index (χ1n) is 2.11. The fourth-order valence-corrected chi connectivity index (χ4v) is 0.214. The Morgan fingerprint density at radius 2 is 1.10 bits per heavy atom. The minimum atomic E-state index is -1.72. The molecule has 0 saturated carbocycles. The highest BCUT2D eigenvalue weighted by Gasteiger charge is 2.18. The van der Waals surface area contributed by atoms with Gasteiger partial charge in [0, 0.05) is 0 Å². The number of carboxylic acid groups (broad SMARTS) is 2. The Morgan fingerprint density at radius 3 is 1.20 bits per heavy atom. The van der Waals surface area contributed by atoms with Gasteiger partial charge in [0.05, 0.1) is 0 Å². The average Bonchev–Trinajstić information content (AvgIpc) is 1.84. The van der Waals surface area contributed by atoms with Crippen LogP contribution in [0.5, 0.6) is 0 Å². The Labute approximate surface area is 55.1 Å². The molecule has 0 heterocycles. The van der Waals surface area contributed by atoms with Crippen LogP contribution in [0.2, 0.25) is 0 Å². The summed E-state index contributed by atoms with van der Waals surface area (Å²) < 4.78 is 0. The second-order valence-corrected chi connectivity index (χ2v) is 1.36. The van der Waals surface area contributed by atoms with Crippen molar-refractivity contribution in [1.29, 1.82) is 10.8 Å². The van der Waals surface area contributed by atoms with Gasteiger partial charge in [-0.2, -0.15) is 0 Å². The van der Waals surface area contributed by atoms with Crippen LogP contribution in [-0.4, -0.2) is 33.6 Å². The molecule has 0 radical (unpaired) electrons. The number of carboxylic acids is 2. The van der Waals surface area contributed by atoms with Crippen molar-refractivity contribution in [2.75, 3.05) is 0 Å². The second kappa shape index (κ2) is 2.72. The lowest BCUT2D eigenvalue weighted by Gasteiger charge is -1.92. The van der Waals surface area contributed by atoms with E-state index in [1.165, 1.54) is 0 Å². The minimum Gasteiger partial charge on any atom is -0.476 e. The summed E-state index contributed by atoms with van der Waals surface area (Å²) in [7, 11) is 0. The fraction of sp³-hybridized carbons (Fsp3) is 0. The summed E-state index contributed by atoms with van der Waals surface area (Å²) in [5, 5.41) is 28.9. The molecule has 0 aromatic rings. The smallest absolute Gasteiger partial charge is 0.356 e. The number of hydrogen-bond acceptors (Lipinski definition) is 4. The van der Waals surface area contributed by atoms with Gasteiger partial charge in [0.25, 0.3) is 0 Å². The Morgan fingerprint density at radius 1 is 0.900 bits per heavy atom. The van der Waals surface area contributed by atoms with Crippen LogP contribution in [0, 0.1) is 10.8 Å². The van der Waals surface area contributed by atoms with Crippen LogP contribution in [0.1, 0.15) is 0 Å². The lowest BCUT2D eigenvalue weighted by molar-refractivity contribution is -0.131. The Kier molecular flexibility index (Phi) is 2.25. The van der Waals surface area contributed by atoms with Gasteiger partial charge in [-0.05, 0) is 0 Å². The van der Waals surface area contributed by atoms with E-state index in [0.717, 1.165) is 0 Å². The highest BCUT2D eigenvalue weighted by Crippen LogP contribution is 1.78. The highest BCUT2D eigenvalue weighted by atomic mass is 16.4. The predicted molar refractivity (Wildman–Crippen MR) is 30.7 cm³/mol. The van der Waals surface area contributed by atoms with E-state index in [2.05, 4.69) is 0 Å². The van der Waals surface area contributed by atoms with Gasteiger partial charge in [0.1, 0.15) is 0 Å². The van der Waals surface area contributed by atoms with E-state index < -0.39 is 23.4 Å². The topological polar surface area (TPSA) is 122 Å². The van der Waals surface area contributed by atoms with Gasteiger partial charge >= 0.3 is 11.9 Å². The molecule has 0 bridgehead atoms. The zero-order valence-electron chi connectivity index (χ0n) is 4.71. The molecule has 0 amide bonds. The molecule has 0 atom stereocenters. The molecular formula is C4H4N2O4. The van der Waals surface area contributed by atoms with Gasteiger partial charge in [0.15, 0.2) is 11.4 Å². The third-order valence-electron chi connectivity index (χ3n) is 0.678. The van der Waals surface area contributed by atoms with E-state index in [-0.39, 0.29) is 0 Å². The molecule has 10 heavy (non-hydrogen) atoms. The molecule has 0 rings (SSSR count). The number of aliphatic carboxylic acids is 2. The zero-order valence-corrected chi connectivity index (χ0v) is 4.71. The summed E-state index contributed by atoms with van der Waals surface area (Å²) in [6, 6.07) is 0. The number of hydrogen-bond donors (Lipinski definition) is 4. The summed E-state index contributed by atoms with van der Waals surface area (Å²) >= 11 is 0. The summed E-state index contributed by atoms with van der Waals surface area (Å²) in [6.45, 7) is 0. The molecule has 0 fully saturated rings. The van der Waals surface area contributed by atoms with Crippen LogP contribution in [0.4, 0.5) is 0 Å². The van der Waals surface area contributed by atoms with Gasteiger partial charge in [-0.3, -0.25) is 10.8 Å². The molecule has 0 unspecified atom stereocenters. The number of carbonyl (C=O) groups is 2. The fourth-order valence-electron chi connectivity index (χ4n) is 0.214. The van der Waals surface area contributed by atoms with Crippen molar-refractivity contribution in [3.8, 4) is 0 Å². The molecule has 0 saturated heterocycles. The summed E-state index contributed by atoms with van der Waals surface area (Å²) in [6.07, 6.45) is 0. The Balaban J connectivity index is 4.39. The van der Waals surface area contributed by atoms with Gasteiger partial charge in [-0.25, -0.2) is 9.59 Å². The van der Waals surface area contributed by atoms with E-state index in [1.807, 2.05) is 0 Å². The third-order valence-corrected chi connectivity index (χ3v) is 0.678. The average molecular weight is 144 g/mol. The van der Waals surface area contributed by atoms with Crippen LogP contribution in [0.25, 0.3) is 0 Å². The lowest BCUT2D eigenvalue weighted by atomic mass is 10.2. The largest absolute Gasteiger partial charge is 0.476 e. The normalized spacial score (nSPS) is 8.40. The molecule has 0 aliphatic rings. The van der Waals surface area contributed by atoms with Crippen molar-refractivity contribution >= 4 is 23.4 Å². The Hall–Kier alpha value is -1.72. The summed E-state index contributed by atoms with van der Waals surface area (Å²) in [5.41, 5.74) is -2.43. The van der Waals surface area contributed by atoms with E-state index >= 15 is 0 Å². The quantitative estimate of drug-likeness (QED) is 0.387. The third kappa shape index (κ3) is 1.66. The SMILES string of the molecule is N=C(C(=N)C(=O)O)C(=O)O. The molecule has 4 N–H and O–H groups in total. The van der Waals surface area contributed by atoms with Crippen LogP contribution in [0.15, 0.2) is 0 Å². The van der Waals surface area contributed by atoms with E-state index in [4.69, 9.17) is 21.0 Å². The van der Waals surface area contributed by atoms with Gasteiger partial charge in [-0.15, -0.1) is 0 Å². The van der Waals surface area contributed by atoms with Crippen LogP contribution < -0.4 is 0 Å². The van der Waals surface area contributed by atoms with Crippen molar-refractivity contribution in [2.45, 2.75) is 0 Å². The molecule has 6 nitrogen and oxygen atoms in total. The summed E-state index contributed by atoms with van der Waals surface area (Å²) in [4.78, 5) is 19.6. The van der Waals surface area contributed by atoms with Crippen molar-refractivity contribution < 1.29 is 19.8 Å². The van der Waals surface area contributed by atoms with Crippen LogP contribution in [0.3, 0.4) is 0 Å². The first-order valence-corrected chi connectivity index (χ1v) is 2.11. The van der Waals surface area contributed by atoms with Gasteiger partial charge in [0.2, 0.25) is 0 Å². The van der Waals surface area contributed by atoms with Crippen molar-refractivity contribution in [1.82, 2.24) is 0 Å². The Bertz CT molecular complexity index is 195. The highest BCUT2D eigenvalue weighted by molar-refractivity contribution is 6.77. The first kappa shape index (κ1) is 8.28. The molecule has 0 aliphatic carbocycles. The monoisotopic (exact) mass is 144 g/mol. The lowest BCUT2D eigenvalue weighted by Crippen LogP contribution is -2.28. The van der Waals surface area contributed by atoms with Crippen molar-refractivity contribution in [2.24, 2.45) is 0 Å². The van der Waals surface area contributed by atoms with Crippen LogP contribution >= 0.6 is 0 Å². The van der Waals surface area contributed by atoms with E-state index in [9.17, 15) is 9.59 Å². The maximum atomic E-state index is 9.82. The zero-order chi connectivity index (χ0) is 8.31. The van der Waals surface area contributed by atoms with Gasteiger partial charge in [-0.1, -0.05) is 0 Å². The molecule has 0 aliphatic heterocycles. The predicted octanol–water partition coefficient (Wildman–Crippen LogP) is -0.805. The van der Waals surface area contributed by atoms with E-state index in [1.54, 1.807) is 0 Å².